The molecule has 2 rings (SSSR count). The molecule has 2 aromatic rings. The van der Waals surface area contributed by atoms with Crippen molar-refractivity contribution in [3.8, 4) is 10.6 Å². The first-order valence-electron chi connectivity index (χ1n) is 5.79. The highest BCUT2D eigenvalue weighted by molar-refractivity contribution is 8.03. The number of carbonyl (C=O) groups is 1. The second kappa shape index (κ2) is 5.31. The Morgan fingerprint density at radius 1 is 1.50 bits per heavy atom. The molecule has 20 heavy (non-hydrogen) atoms. The number of aromatic nitrogens is 1. The molecule has 0 atom stereocenters. The third kappa shape index (κ3) is 3.03. The Balaban J connectivity index is 2.64. The van der Waals surface area contributed by atoms with E-state index in [2.05, 4.69) is 31.2 Å². The Hall–Kier alpha value is -1.78. The van der Waals surface area contributed by atoms with Crippen molar-refractivity contribution in [2.24, 2.45) is 5.73 Å². The zero-order chi connectivity index (χ0) is 14.9. The van der Waals surface area contributed by atoms with E-state index in [1.54, 1.807) is 0 Å². The number of carbonyl (C=O) groups excluding carboxylic acids is 1. The first-order chi connectivity index (χ1) is 9.31. The molecule has 0 unspecified atom stereocenters. The average Bonchev–Trinajstić information content (AvgIpc) is 2.67. The summed E-state index contributed by atoms with van der Waals surface area (Å²) >= 11 is 2.33. The molecule has 2 N–H and O–H groups in total. The Bertz CT molecular complexity index is 711. The second-order valence-electron chi connectivity index (χ2n) is 5.16. The molecular weight excluding hydrogens is 294 g/mol. The normalized spacial score (nSPS) is 11.3. The molecule has 1 aromatic heterocycles. The van der Waals surface area contributed by atoms with Gasteiger partial charge in [-0.05, 0) is 34.9 Å². The van der Waals surface area contributed by atoms with Gasteiger partial charge in [0.2, 0.25) is 0 Å². The molecule has 0 radical (unpaired) electrons. The van der Waals surface area contributed by atoms with Crippen LogP contribution in [0.3, 0.4) is 0 Å². The number of ether oxygens (including phenoxy) is 1. The van der Waals surface area contributed by atoms with Gasteiger partial charge in [-0.15, -0.1) is 0 Å². The van der Waals surface area contributed by atoms with E-state index in [1.165, 1.54) is 11.3 Å². The van der Waals surface area contributed by atoms with E-state index in [0.29, 0.717) is 0 Å². The van der Waals surface area contributed by atoms with Gasteiger partial charge in [-0.1, -0.05) is 32.1 Å². The Morgan fingerprint density at radius 3 is 2.75 bits per heavy atom. The predicted octanol–water partition coefficient (Wildman–Crippen LogP) is 3.62. The molecular formula is C13H13N3O2S2. The van der Waals surface area contributed by atoms with Crippen molar-refractivity contribution in [1.82, 2.24) is 4.98 Å². The largest absolute Gasteiger partial charge is 0.411 e. The van der Waals surface area contributed by atoms with Crippen LogP contribution in [0, 0.1) is 10.7 Å². The lowest BCUT2D eigenvalue weighted by Crippen LogP contribution is -2.16. The molecule has 104 valence electrons. The van der Waals surface area contributed by atoms with Crippen LogP contribution in [-0.2, 0) is 5.41 Å². The minimum absolute atomic E-state index is 0.137. The number of nitriles is 1. The number of hydrogen-bond donors (Lipinski definition) is 1. The first kappa shape index (κ1) is 14.6. The van der Waals surface area contributed by atoms with Crippen molar-refractivity contribution in [2.45, 2.75) is 31.1 Å². The summed E-state index contributed by atoms with van der Waals surface area (Å²) in [7, 11) is 0. The van der Waals surface area contributed by atoms with E-state index in [0.717, 1.165) is 32.4 Å². The monoisotopic (exact) mass is 307 g/mol. The molecule has 1 heterocycles. The fraction of sp³-hybridized carbons (Fsp3) is 0.308. The van der Waals surface area contributed by atoms with Crippen LogP contribution >= 0.6 is 23.1 Å². The molecule has 1 aromatic carbocycles. The summed E-state index contributed by atoms with van der Waals surface area (Å²) in [4.78, 5) is 16.0. The number of thiocyanates is 1. The van der Waals surface area contributed by atoms with Crippen LogP contribution < -0.4 is 10.5 Å². The number of primary amides is 1. The number of nitrogens with two attached hydrogens (primary N) is 1. The number of rotatable bonds is 2. The van der Waals surface area contributed by atoms with E-state index in [4.69, 9.17) is 15.7 Å². The third-order valence-corrected chi connectivity index (χ3v) is 4.05. The van der Waals surface area contributed by atoms with Gasteiger partial charge in [0.1, 0.15) is 5.40 Å². The number of amides is 1. The van der Waals surface area contributed by atoms with Gasteiger partial charge >= 0.3 is 6.09 Å². The third-order valence-electron chi connectivity index (χ3n) is 2.61. The summed E-state index contributed by atoms with van der Waals surface area (Å²) in [5, 5.41) is 11.1. The van der Waals surface area contributed by atoms with E-state index >= 15 is 0 Å². The smallest absolute Gasteiger partial charge is 0.381 e. The molecule has 0 saturated heterocycles. The molecule has 5 nitrogen and oxygen atoms in total. The van der Waals surface area contributed by atoms with Gasteiger partial charge in [0.15, 0.2) is 0 Å². The van der Waals surface area contributed by atoms with Crippen LogP contribution in [-0.4, -0.2) is 11.1 Å². The van der Waals surface area contributed by atoms with Gasteiger partial charge in [-0.2, -0.15) is 5.26 Å². The van der Waals surface area contributed by atoms with Crippen molar-refractivity contribution >= 4 is 39.4 Å². The van der Waals surface area contributed by atoms with Crippen molar-refractivity contribution in [1.29, 1.82) is 5.26 Å². The van der Waals surface area contributed by atoms with Gasteiger partial charge in [-0.25, -0.2) is 9.78 Å². The lowest BCUT2D eigenvalue weighted by Gasteiger charge is -2.20. The number of benzene rings is 1. The summed E-state index contributed by atoms with van der Waals surface area (Å²) in [5.74, 6) is 0. The van der Waals surface area contributed by atoms with Crippen LogP contribution in [0.25, 0.3) is 10.2 Å². The fourth-order valence-corrected chi connectivity index (χ4v) is 3.22. The Morgan fingerprint density at radius 2 is 2.20 bits per heavy atom. The maximum atomic E-state index is 10.8. The molecule has 0 bridgehead atoms. The molecule has 7 heteroatoms. The van der Waals surface area contributed by atoms with Crippen LogP contribution in [0.15, 0.2) is 17.0 Å². The van der Waals surface area contributed by atoms with Gasteiger partial charge in [0.05, 0.1) is 10.2 Å². The average molecular weight is 307 g/mol. The lowest BCUT2D eigenvalue weighted by molar-refractivity contribution is 0.211. The van der Waals surface area contributed by atoms with Crippen LogP contribution in [0.1, 0.15) is 26.3 Å². The SMILES string of the molecule is CC(C)(C)c1cc(SC#N)cc2sc(OC(N)=O)nc12. The van der Waals surface area contributed by atoms with E-state index in [1.807, 2.05) is 12.1 Å². The summed E-state index contributed by atoms with van der Waals surface area (Å²) in [6.07, 6.45) is -0.881. The zero-order valence-corrected chi connectivity index (χ0v) is 12.9. The fourth-order valence-electron chi connectivity index (χ4n) is 1.80. The minimum atomic E-state index is -0.881. The molecule has 1 amide bonds. The quantitative estimate of drug-likeness (QED) is 0.676. The molecule has 0 aliphatic rings. The zero-order valence-electron chi connectivity index (χ0n) is 11.3. The first-order valence-corrected chi connectivity index (χ1v) is 7.43. The van der Waals surface area contributed by atoms with Crippen molar-refractivity contribution in [3.05, 3.63) is 17.7 Å². The van der Waals surface area contributed by atoms with Crippen molar-refractivity contribution in [3.63, 3.8) is 0 Å². The molecule has 0 saturated carbocycles. The van der Waals surface area contributed by atoms with Crippen LogP contribution in [0.4, 0.5) is 4.79 Å². The van der Waals surface area contributed by atoms with Crippen LogP contribution in [0.2, 0.25) is 0 Å². The van der Waals surface area contributed by atoms with Gasteiger partial charge in [-0.3, -0.25) is 0 Å². The van der Waals surface area contributed by atoms with E-state index in [9.17, 15) is 4.79 Å². The Labute approximate surface area is 124 Å². The Kier molecular flexibility index (Phi) is 3.88. The van der Waals surface area contributed by atoms with Crippen molar-refractivity contribution in [2.75, 3.05) is 0 Å². The second-order valence-corrected chi connectivity index (χ2v) is 7.01. The summed E-state index contributed by atoms with van der Waals surface area (Å²) in [6, 6.07) is 3.81. The highest BCUT2D eigenvalue weighted by atomic mass is 32.2. The maximum absolute atomic E-state index is 10.8. The molecule has 0 fully saturated rings. The van der Waals surface area contributed by atoms with E-state index < -0.39 is 6.09 Å². The number of thiazole rings is 1. The highest BCUT2D eigenvalue weighted by Crippen LogP contribution is 2.38. The summed E-state index contributed by atoms with van der Waals surface area (Å²) < 4.78 is 5.71. The number of thioether (sulfide) groups is 1. The molecule has 0 spiro atoms. The van der Waals surface area contributed by atoms with Crippen molar-refractivity contribution < 1.29 is 9.53 Å². The molecule has 0 aliphatic carbocycles. The number of fused-ring (bicyclic) bond motifs is 1. The standard InChI is InChI=1S/C13H13N3O2S2/c1-13(2,3)8-4-7(19-6-14)5-9-10(8)16-12(20-9)18-11(15)17/h4-5H,1-3H3,(H2,15,17). The van der Waals surface area contributed by atoms with Gasteiger partial charge in [0, 0.05) is 4.90 Å². The lowest BCUT2D eigenvalue weighted by atomic mass is 9.86. The minimum Gasteiger partial charge on any atom is -0.381 e. The molecule has 0 aliphatic heterocycles. The number of hydrogen-bond acceptors (Lipinski definition) is 6. The van der Waals surface area contributed by atoms with Gasteiger partial charge < -0.3 is 10.5 Å². The van der Waals surface area contributed by atoms with Gasteiger partial charge in [0.25, 0.3) is 5.19 Å². The predicted molar refractivity (Wildman–Crippen MR) is 80.0 cm³/mol. The van der Waals surface area contributed by atoms with Crippen LogP contribution in [0.5, 0.6) is 5.19 Å². The van der Waals surface area contributed by atoms with E-state index in [-0.39, 0.29) is 10.6 Å². The maximum Gasteiger partial charge on any atom is 0.411 e. The number of nitrogens with zero attached hydrogens (tertiary/aromatic N) is 2. The summed E-state index contributed by atoms with van der Waals surface area (Å²) in [5.41, 5.74) is 6.65. The highest BCUT2D eigenvalue weighted by Gasteiger charge is 2.21. The topological polar surface area (TPSA) is 89.0 Å². The summed E-state index contributed by atoms with van der Waals surface area (Å²) in [6.45, 7) is 6.20.